The molecule has 0 bridgehead atoms. The molecule has 0 N–H and O–H groups in total. The number of Topliss-reactive ketones (excluding diaryl/α,β-unsaturated/α-hetero) is 1. The second kappa shape index (κ2) is 10.7. The predicted molar refractivity (Wildman–Crippen MR) is 156 cm³/mol. The maximum absolute atomic E-state index is 14.0. The number of carbonyl (C=O) groups is 1. The standard InChI is InChI=1S/C32H31FN2O4S/c1-40(37,38)16-2-3-30(36)21-4-6-22(7-5-21)31-28-17-24-19-34-20-25(24)18-29(28)35(27-10-8-26(33)9-11-27)32(31)23-12-14-39-15-13-23/h4-11,17-18,20,23H,2-3,12-16,19H2,1H3. The van der Waals surface area contributed by atoms with Crippen molar-refractivity contribution in [2.75, 3.05) is 25.2 Å². The van der Waals surface area contributed by atoms with Crippen LogP contribution in [0.1, 0.15) is 58.8 Å². The third kappa shape index (κ3) is 5.25. The Kier molecular flexibility index (Phi) is 7.15. The van der Waals surface area contributed by atoms with Gasteiger partial charge in [0.15, 0.2) is 5.78 Å². The molecule has 4 aromatic rings. The molecule has 8 heteroatoms. The molecule has 1 aromatic heterocycles. The van der Waals surface area contributed by atoms with E-state index >= 15 is 0 Å². The zero-order valence-corrected chi connectivity index (χ0v) is 23.2. The molecule has 0 amide bonds. The van der Waals surface area contributed by atoms with Crippen LogP contribution in [0.25, 0.3) is 27.7 Å². The van der Waals surface area contributed by atoms with Gasteiger partial charge in [-0.3, -0.25) is 9.79 Å². The fourth-order valence-electron chi connectivity index (χ4n) is 5.90. The number of hydrogen-bond acceptors (Lipinski definition) is 5. The van der Waals surface area contributed by atoms with E-state index in [0.29, 0.717) is 31.7 Å². The Bertz CT molecular complexity index is 1720. The van der Waals surface area contributed by atoms with E-state index in [1.807, 2.05) is 42.6 Å². The molecule has 0 aliphatic carbocycles. The minimum atomic E-state index is -3.10. The van der Waals surface area contributed by atoms with E-state index in [4.69, 9.17) is 4.74 Å². The van der Waals surface area contributed by atoms with Crippen molar-refractivity contribution in [3.63, 3.8) is 0 Å². The van der Waals surface area contributed by atoms with Gasteiger partial charge in [-0.15, -0.1) is 0 Å². The predicted octanol–water partition coefficient (Wildman–Crippen LogP) is 6.27. The Morgan fingerprint density at radius 1 is 1.05 bits per heavy atom. The van der Waals surface area contributed by atoms with Gasteiger partial charge in [0.1, 0.15) is 15.7 Å². The Morgan fingerprint density at radius 3 is 2.48 bits per heavy atom. The van der Waals surface area contributed by atoms with Gasteiger partial charge in [0.2, 0.25) is 0 Å². The molecule has 0 saturated carbocycles. The van der Waals surface area contributed by atoms with Gasteiger partial charge in [-0.05, 0) is 72.4 Å². The quantitative estimate of drug-likeness (QED) is 0.239. The maximum Gasteiger partial charge on any atom is 0.162 e. The number of fused-ring (bicyclic) bond motifs is 2. The van der Waals surface area contributed by atoms with Crippen LogP contribution in [0, 0.1) is 5.82 Å². The first-order chi connectivity index (χ1) is 19.3. The molecule has 6 rings (SSSR count). The molecule has 1 fully saturated rings. The average molecular weight is 559 g/mol. The summed E-state index contributed by atoms with van der Waals surface area (Å²) in [6, 6.07) is 18.7. The number of aromatic nitrogens is 1. The molecule has 0 atom stereocenters. The van der Waals surface area contributed by atoms with Crippen LogP contribution in [0.5, 0.6) is 0 Å². The molecule has 2 aliphatic rings. The largest absolute Gasteiger partial charge is 0.381 e. The average Bonchev–Trinajstić information content (AvgIpc) is 3.54. The molecule has 1 saturated heterocycles. The van der Waals surface area contributed by atoms with E-state index < -0.39 is 9.84 Å². The fourth-order valence-corrected chi connectivity index (χ4v) is 6.57. The zero-order chi connectivity index (χ0) is 27.9. The van der Waals surface area contributed by atoms with Crippen LogP contribution < -0.4 is 0 Å². The van der Waals surface area contributed by atoms with Gasteiger partial charge in [-0.25, -0.2) is 12.8 Å². The first-order valence-electron chi connectivity index (χ1n) is 13.6. The second-order valence-corrected chi connectivity index (χ2v) is 13.0. The summed E-state index contributed by atoms with van der Waals surface area (Å²) in [4.78, 5) is 17.3. The molecule has 206 valence electrons. The van der Waals surface area contributed by atoms with Gasteiger partial charge < -0.3 is 9.30 Å². The summed E-state index contributed by atoms with van der Waals surface area (Å²) < 4.78 is 44.9. The number of ether oxygens (including phenoxy) is 1. The number of halogens is 1. The number of sulfone groups is 1. The van der Waals surface area contributed by atoms with Gasteiger partial charge in [0, 0.05) is 65.9 Å². The summed E-state index contributed by atoms with van der Waals surface area (Å²) in [5, 5.41) is 1.10. The molecular formula is C32H31FN2O4S. The van der Waals surface area contributed by atoms with Crippen molar-refractivity contribution in [1.82, 2.24) is 4.57 Å². The van der Waals surface area contributed by atoms with E-state index in [0.717, 1.165) is 51.8 Å². The van der Waals surface area contributed by atoms with Crippen molar-refractivity contribution < 1.29 is 22.3 Å². The van der Waals surface area contributed by atoms with Gasteiger partial charge >= 0.3 is 0 Å². The summed E-state index contributed by atoms with van der Waals surface area (Å²) in [6.45, 7) is 2.00. The molecule has 0 unspecified atom stereocenters. The van der Waals surface area contributed by atoms with E-state index in [2.05, 4.69) is 21.7 Å². The van der Waals surface area contributed by atoms with Gasteiger partial charge in [-0.2, -0.15) is 0 Å². The summed E-state index contributed by atoms with van der Waals surface area (Å²) in [7, 11) is -3.10. The van der Waals surface area contributed by atoms with Crippen molar-refractivity contribution in [3.8, 4) is 16.8 Å². The molecule has 3 aromatic carbocycles. The first-order valence-corrected chi connectivity index (χ1v) is 15.7. The molecule has 0 radical (unpaired) electrons. The normalized spacial score (nSPS) is 15.6. The fraction of sp³-hybridized carbons (Fsp3) is 0.312. The Morgan fingerprint density at radius 2 is 1.77 bits per heavy atom. The lowest BCUT2D eigenvalue weighted by Crippen LogP contribution is -2.17. The lowest BCUT2D eigenvalue weighted by Gasteiger charge is -2.26. The van der Waals surface area contributed by atoms with Crippen LogP contribution in [0.2, 0.25) is 0 Å². The Hall–Kier alpha value is -3.62. The SMILES string of the molecule is CS(=O)(=O)CCCC(=O)c1ccc(-c2c(C3CCOCC3)n(-c3ccc(F)cc3)c3cc4c(cc23)CN=C4)cc1. The highest BCUT2D eigenvalue weighted by molar-refractivity contribution is 7.90. The van der Waals surface area contributed by atoms with Crippen LogP contribution in [-0.4, -0.2) is 50.2 Å². The lowest BCUT2D eigenvalue weighted by molar-refractivity contribution is 0.0843. The molecule has 6 nitrogen and oxygen atoms in total. The molecule has 3 heterocycles. The molecule has 40 heavy (non-hydrogen) atoms. The highest BCUT2D eigenvalue weighted by Gasteiger charge is 2.29. The highest BCUT2D eigenvalue weighted by Crippen LogP contribution is 2.44. The summed E-state index contributed by atoms with van der Waals surface area (Å²) >= 11 is 0. The zero-order valence-electron chi connectivity index (χ0n) is 22.4. The van der Waals surface area contributed by atoms with Crippen LogP contribution in [0.4, 0.5) is 4.39 Å². The number of hydrogen-bond donors (Lipinski definition) is 0. The Labute approximate surface area is 233 Å². The van der Waals surface area contributed by atoms with Crippen molar-refractivity contribution in [2.45, 2.75) is 38.1 Å². The van der Waals surface area contributed by atoms with Crippen molar-refractivity contribution in [3.05, 3.63) is 88.9 Å². The van der Waals surface area contributed by atoms with Crippen molar-refractivity contribution in [2.24, 2.45) is 4.99 Å². The summed E-state index contributed by atoms with van der Waals surface area (Å²) in [5.74, 6) is -0.106. The minimum Gasteiger partial charge on any atom is -0.381 e. The van der Waals surface area contributed by atoms with Crippen LogP contribution in [0.15, 0.2) is 65.7 Å². The van der Waals surface area contributed by atoms with Gasteiger partial charge in [0.05, 0.1) is 17.8 Å². The minimum absolute atomic E-state index is 0.00219. The summed E-state index contributed by atoms with van der Waals surface area (Å²) in [6.07, 6.45) is 5.35. The van der Waals surface area contributed by atoms with Crippen LogP contribution in [-0.2, 0) is 21.1 Å². The van der Waals surface area contributed by atoms with Gasteiger partial charge in [-0.1, -0.05) is 24.3 Å². The van der Waals surface area contributed by atoms with E-state index in [-0.39, 0.29) is 29.7 Å². The van der Waals surface area contributed by atoms with Crippen LogP contribution >= 0.6 is 0 Å². The van der Waals surface area contributed by atoms with E-state index in [1.54, 1.807) is 0 Å². The number of carbonyl (C=O) groups excluding carboxylic acids is 1. The lowest BCUT2D eigenvalue weighted by atomic mass is 9.89. The highest BCUT2D eigenvalue weighted by atomic mass is 32.2. The molecule has 0 spiro atoms. The Balaban J connectivity index is 1.49. The van der Waals surface area contributed by atoms with Crippen LogP contribution in [0.3, 0.4) is 0 Å². The van der Waals surface area contributed by atoms with Crippen molar-refractivity contribution in [1.29, 1.82) is 0 Å². The number of benzene rings is 3. The van der Waals surface area contributed by atoms with Gasteiger partial charge in [0.25, 0.3) is 0 Å². The second-order valence-electron chi connectivity index (χ2n) is 10.7. The molecule has 2 aliphatic heterocycles. The van der Waals surface area contributed by atoms with E-state index in [9.17, 15) is 17.6 Å². The number of rotatable bonds is 8. The van der Waals surface area contributed by atoms with Crippen molar-refractivity contribution >= 4 is 32.7 Å². The summed E-state index contributed by atoms with van der Waals surface area (Å²) in [5.41, 5.74) is 8.03. The number of ketones is 1. The van der Waals surface area contributed by atoms with E-state index in [1.165, 1.54) is 24.0 Å². The smallest absolute Gasteiger partial charge is 0.162 e. The number of nitrogens with zero attached hydrogens (tertiary/aromatic N) is 2. The topological polar surface area (TPSA) is 77.7 Å². The number of aliphatic imine (C=N–C) groups is 1. The first kappa shape index (κ1) is 26.6. The maximum atomic E-state index is 14.0. The third-order valence-corrected chi connectivity index (χ3v) is 8.89. The third-order valence-electron chi connectivity index (χ3n) is 7.86. The monoisotopic (exact) mass is 558 g/mol. The molecular weight excluding hydrogens is 527 g/mol.